The number of benzene rings is 6. The van der Waals surface area contributed by atoms with E-state index in [2.05, 4.69) is 227 Å². The average Bonchev–Trinajstić information content (AvgIpc) is 1.43. The van der Waals surface area contributed by atoms with E-state index in [0.29, 0.717) is 65.1 Å². The number of unbranched alkanes of at least 4 members (excludes halogenated alkanes) is 30. The van der Waals surface area contributed by atoms with Gasteiger partial charge in [-0.1, -0.05) is 422 Å². The van der Waals surface area contributed by atoms with Crippen LogP contribution < -0.4 is 4.90 Å². The van der Waals surface area contributed by atoms with Gasteiger partial charge in [0.25, 0.3) is 0 Å². The Labute approximate surface area is 778 Å². The van der Waals surface area contributed by atoms with Gasteiger partial charge in [-0.05, 0) is 316 Å². The van der Waals surface area contributed by atoms with Gasteiger partial charge in [0, 0.05) is 40.9 Å². The Bertz CT molecular complexity index is 5740. The summed E-state index contributed by atoms with van der Waals surface area (Å²) in [6.45, 7) is 16.8. The van der Waals surface area contributed by atoms with Gasteiger partial charge >= 0.3 is 0 Å². The third kappa shape index (κ3) is 11.7. The van der Waals surface area contributed by atoms with Gasteiger partial charge < -0.3 is 4.90 Å². The van der Waals surface area contributed by atoms with Crippen molar-refractivity contribution in [2.45, 2.75) is 327 Å². The Hall–Kier alpha value is -7.22. The summed E-state index contributed by atoms with van der Waals surface area (Å²) in [5.74, 6) is 15.0. The normalized spacial score (nSPS) is 32.0. The Balaban J connectivity index is 0.573. The van der Waals surface area contributed by atoms with Crippen LogP contribution in [0.25, 0.3) is 55.6 Å². The minimum atomic E-state index is -0.0622. The second-order valence-electron chi connectivity index (χ2n) is 47.2. The van der Waals surface area contributed by atoms with E-state index in [-0.39, 0.29) is 16.2 Å². The summed E-state index contributed by atoms with van der Waals surface area (Å²) in [5.41, 5.74) is 48.5. The Morgan fingerprint density at radius 3 is 0.953 bits per heavy atom. The number of nitrogens with zero attached hydrogens (tertiary/aromatic N) is 1. The van der Waals surface area contributed by atoms with Crippen LogP contribution in [0, 0.1) is 124 Å². The van der Waals surface area contributed by atoms with Gasteiger partial charge in [-0.3, -0.25) is 0 Å². The fraction of sp³-hybridized carbons (Fsp3) is 0.578. The van der Waals surface area contributed by atoms with Gasteiger partial charge in [0.15, 0.2) is 0 Å². The molecule has 6 aromatic carbocycles. The van der Waals surface area contributed by atoms with Gasteiger partial charge in [0.1, 0.15) is 0 Å². The van der Waals surface area contributed by atoms with Crippen molar-refractivity contribution in [1.82, 2.24) is 0 Å². The highest BCUT2D eigenvalue weighted by atomic mass is 15.2. The molecule has 6 aromatic rings. The smallest absolute Gasteiger partial charge is 0.0369 e. The van der Waals surface area contributed by atoms with E-state index in [4.69, 9.17) is 0 Å². The van der Waals surface area contributed by atoms with Crippen LogP contribution in [0.4, 0.5) is 5.69 Å². The van der Waals surface area contributed by atoms with Crippen molar-refractivity contribution in [1.29, 1.82) is 0 Å². The summed E-state index contributed by atoms with van der Waals surface area (Å²) >= 11 is 0. The lowest BCUT2D eigenvalue weighted by Crippen LogP contribution is -2.46. The molecular weight excluding hydrogens is 1550 g/mol. The van der Waals surface area contributed by atoms with E-state index in [1.54, 1.807) is 50.2 Å². The molecule has 670 valence electrons. The zero-order valence-corrected chi connectivity index (χ0v) is 80.2. The van der Waals surface area contributed by atoms with Gasteiger partial charge in [-0.2, -0.15) is 0 Å². The molecule has 0 aromatic heterocycles. The highest BCUT2D eigenvalue weighted by molar-refractivity contribution is 5.94. The van der Waals surface area contributed by atoms with Crippen molar-refractivity contribution >= 4 is 5.69 Å². The molecule has 0 radical (unpaired) electrons. The third-order valence-electron chi connectivity index (χ3n) is 41.6. The lowest BCUT2D eigenvalue weighted by molar-refractivity contribution is 0.0604. The summed E-state index contributed by atoms with van der Waals surface area (Å²) in [5, 5.41) is 0. The lowest BCUT2D eigenvalue weighted by atomic mass is 9.54. The molecular formula is C128H153N. The summed E-state index contributed by atoms with van der Waals surface area (Å²) in [6, 6.07) is 50.5. The standard InChI is InChI=1S/C128H153N/c1-7-13-19-25-31-39-63-126(64-40-32-26-20-14-8-2)98-46-38-37-45-82(98)83-52-47-77(69-99(83)126)78-48-53-84-85-54-49-79(71-101(85)127(100(84)70-78,65-41-33-27-21-15-9-3)66-42-34-28-22-16-10-4)80-50-55-86-87-56-51-81(73-103(87)128(102(86)72-80,67-43-35-29-23-17-11-5)68-44-36-30-24-18-12-6)129-75-96-97(76-129)105-95-74-94-92-60-59-90-88-57-58-89-91-61-62-93-104(96)114-115(105)120-113(95)112(94)118-110(92)108(90)116-106(88)107(89)117-109(91)111(93)119(114)124-122(117)121(116)123(118)125(120)124/h37-38,45-62,69-74,88-94,96-97,104-115H,7-36,39-44,63-68,75-76H2,1-6H3. The number of fused-ring (bicyclic) bond motifs is 17. The van der Waals surface area contributed by atoms with E-state index in [0.717, 1.165) is 59.2 Å². The molecule has 0 amide bonds. The van der Waals surface area contributed by atoms with E-state index < -0.39 is 0 Å². The van der Waals surface area contributed by atoms with Gasteiger partial charge in [0.05, 0.1) is 0 Å². The average molecular weight is 1710 g/mol. The molecule has 21 unspecified atom stereocenters. The van der Waals surface area contributed by atoms with Crippen LogP contribution in [0.1, 0.15) is 345 Å². The van der Waals surface area contributed by atoms with E-state index in [1.165, 1.54) is 327 Å². The highest BCUT2D eigenvalue weighted by Crippen LogP contribution is 2.87. The first-order chi connectivity index (χ1) is 63.8. The van der Waals surface area contributed by atoms with Crippen molar-refractivity contribution < 1.29 is 0 Å². The monoisotopic (exact) mass is 1700 g/mol. The minimum absolute atomic E-state index is 0.0412. The molecule has 1 aliphatic heterocycles. The van der Waals surface area contributed by atoms with Crippen LogP contribution in [0.2, 0.25) is 0 Å². The topological polar surface area (TPSA) is 3.24 Å². The number of hydrogen-bond donors (Lipinski definition) is 0. The van der Waals surface area contributed by atoms with E-state index in [1.807, 2.05) is 39.0 Å². The van der Waals surface area contributed by atoms with Gasteiger partial charge in [0.2, 0.25) is 0 Å². The second-order valence-corrected chi connectivity index (χ2v) is 47.2. The fourth-order valence-corrected chi connectivity index (χ4v) is 36.8. The predicted molar refractivity (Wildman–Crippen MR) is 540 cm³/mol. The first kappa shape index (κ1) is 82.5. The number of allylic oxidation sites excluding steroid dienone is 18. The molecule has 0 spiro atoms. The Morgan fingerprint density at radius 1 is 0.248 bits per heavy atom. The first-order valence-electron chi connectivity index (χ1n) is 55.9. The lowest BCUT2D eigenvalue weighted by Gasteiger charge is -2.49. The molecule has 8 fully saturated rings. The highest BCUT2D eigenvalue weighted by Gasteiger charge is 2.80. The Morgan fingerprint density at radius 2 is 0.550 bits per heavy atom. The first-order valence-corrected chi connectivity index (χ1v) is 55.9. The quantitative estimate of drug-likeness (QED) is 0.0272. The van der Waals surface area contributed by atoms with Gasteiger partial charge in [-0.25, -0.2) is 0 Å². The van der Waals surface area contributed by atoms with Crippen LogP contribution in [0.15, 0.2) is 219 Å². The number of hydrogen-bond acceptors (Lipinski definition) is 1. The van der Waals surface area contributed by atoms with Crippen molar-refractivity contribution in [3.05, 3.63) is 252 Å². The molecule has 129 heavy (non-hydrogen) atoms. The molecule has 1 saturated heterocycles. The van der Waals surface area contributed by atoms with Crippen LogP contribution in [0.3, 0.4) is 0 Å². The van der Waals surface area contributed by atoms with Crippen LogP contribution in [-0.2, 0) is 16.2 Å². The third-order valence-corrected chi connectivity index (χ3v) is 41.6. The second kappa shape index (κ2) is 32.5. The van der Waals surface area contributed by atoms with E-state index in [9.17, 15) is 0 Å². The SMILES string of the molecule is CCCCCCCCC1(CCCCCCCC)c2ccccc2-c2ccc(-c3ccc4c(c3)C(CCCCCCCC)(CCCCCCCC)c3cc(-c5ccc6c(c5)C(CCCCCCCC)(CCCCCCCC)c5cc(N7CC8C(C7)C7C9C=CC%10C%11C=CC%12C%13C=CC%14C%15C=C%16C%17C%18=C%19C%20=C(C%17%15)C%14C%13C%13=C%20C%14=C(C%11C%13%12)C%10C9C(=C%14%19)C7C%18C%168)ccc5-6)ccc3-4)cc21. The number of rotatable bonds is 45. The summed E-state index contributed by atoms with van der Waals surface area (Å²) < 4.78 is 0. The molecule has 1 nitrogen and oxygen atoms in total. The molecule has 1 heterocycles. The molecule has 20 aliphatic rings. The van der Waals surface area contributed by atoms with Crippen molar-refractivity contribution in [3.63, 3.8) is 0 Å². The van der Waals surface area contributed by atoms with Crippen LogP contribution in [0.5, 0.6) is 0 Å². The predicted octanol–water partition coefficient (Wildman–Crippen LogP) is 34.4. The molecule has 1 heteroatoms. The zero-order valence-electron chi connectivity index (χ0n) is 80.2. The fourth-order valence-electron chi connectivity index (χ4n) is 36.8. The molecule has 0 N–H and O–H groups in total. The largest absolute Gasteiger partial charge is 0.371 e. The maximum absolute atomic E-state index is 3.14. The summed E-state index contributed by atoms with van der Waals surface area (Å²) in [4.78, 5) is 3.12. The maximum atomic E-state index is 3.14. The molecule has 7 saturated carbocycles. The van der Waals surface area contributed by atoms with Crippen molar-refractivity contribution in [3.8, 4) is 55.6 Å². The van der Waals surface area contributed by atoms with E-state index >= 15 is 0 Å². The molecule has 21 atom stereocenters. The summed E-state index contributed by atoms with van der Waals surface area (Å²) in [7, 11) is 0. The minimum Gasteiger partial charge on any atom is -0.371 e. The summed E-state index contributed by atoms with van der Waals surface area (Å²) in [6.07, 6.45) is 76.4. The van der Waals surface area contributed by atoms with Crippen LogP contribution in [-0.4, -0.2) is 13.1 Å². The molecule has 0 bridgehead atoms. The van der Waals surface area contributed by atoms with Crippen LogP contribution >= 0.6 is 0 Å². The van der Waals surface area contributed by atoms with Gasteiger partial charge in [-0.15, -0.1) is 0 Å². The van der Waals surface area contributed by atoms with Crippen molar-refractivity contribution in [2.75, 3.05) is 18.0 Å². The number of anilines is 1. The maximum Gasteiger partial charge on any atom is 0.0369 e. The molecule has 26 rings (SSSR count). The zero-order chi connectivity index (χ0) is 85.9. The molecule has 19 aliphatic carbocycles. The Kier molecular flexibility index (Phi) is 20.8. The van der Waals surface area contributed by atoms with Crippen molar-refractivity contribution in [2.24, 2.45) is 124 Å².